The highest BCUT2D eigenvalue weighted by Crippen LogP contribution is 2.23. The lowest BCUT2D eigenvalue weighted by molar-refractivity contribution is -0.117. The van der Waals surface area contributed by atoms with E-state index in [2.05, 4.69) is 21.2 Å². The van der Waals surface area contributed by atoms with Crippen molar-refractivity contribution in [1.82, 2.24) is 5.32 Å². The molecule has 0 saturated heterocycles. The lowest BCUT2D eigenvalue weighted by Gasteiger charge is -2.10. The first-order valence-electron chi connectivity index (χ1n) is 5.86. The number of thiophene rings is 1. The van der Waals surface area contributed by atoms with Gasteiger partial charge in [-0.2, -0.15) is 5.26 Å². The Balaban J connectivity index is 2.06. The number of carbonyl (C=O) groups excluding carboxylic acids is 1. The molecule has 1 aliphatic rings. The van der Waals surface area contributed by atoms with Gasteiger partial charge in [0.1, 0.15) is 11.6 Å². The van der Waals surface area contributed by atoms with E-state index in [0.29, 0.717) is 0 Å². The van der Waals surface area contributed by atoms with E-state index in [1.54, 1.807) is 6.08 Å². The van der Waals surface area contributed by atoms with Gasteiger partial charge in [-0.25, -0.2) is 0 Å². The average molecular weight is 325 g/mol. The topological polar surface area (TPSA) is 52.9 Å². The third kappa shape index (κ3) is 3.44. The second kappa shape index (κ2) is 6.17. The van der Waals surface area contributed by atoms with E-state index in [1.807, 2.05) is 17.5 Å². The Kier molecular flexibility index (Phi) is 4.56. The molecule has 1 fully saturated rings. The van der Waals surface area contributed by atoms with Crippen molar-refractivity contribution in [2.75, 3.05) is 0 Å². The summed E-state index contributed by atoms with van der Waals surface area (Å²) in [7, 11) is 0. The normalized spacial score (nSPS) is 16.6. The smallest absolute Gasteiger partial charge is 0.262 e. The molecule has 0 atom stereocenters. The standard InChI is InChI=1S/C13H13BrN2OS/c14-12-6-9(8-18-12)5-10(7-15)13(17)16-11-3-1-2-4-11/h5-6,8,11H,1-4H2,(H,16,17)/b10-5+. The number of carbonyl (C=O) groups is 1. The molecule has 5 heteroatoms. The maximum Gasteiger partial charge on any atom is 0.262 e. The molecule has 1 heterocycles. The van der Waals surface area contributed by atoms with Crippen LogP contribution in [-0.4, -0.2) is 11.9 Å². The van der Waals surface area contributed by atoms with E-state index in [-0.39, 0.29) is 17.5 Å². The van der Waals surface area contributed by atoms with E-state index >= 15 is 0 Å². The van der Waals surface area contributed by atoms with Crippen LogP contribution in [0.25, 0.3) is 6.08 Å². The molecule has 18 heavy (non-hydrogen) atoms. The first-order chi connectivity index (χ1) is 8.69. The Bertz CT molecular complexity index is 509. The summed E-state index contributed by atoms with van der Waals surface area (Å²) in [6.07, 6.45) is 6.00. The van der Waals surface area contributed by atoms with Crippen molar-refractivity contribution in [3.05, 3.63) is 26.4 Å². The van der Waals surface area contributed by atoms with Crippen molar-refractivity contribution in [2.24, 2.45) is 0 Å². The molecule has 1 saturated carbocycles. The van der Waals surface area contributed by atoms with Gasteiger partial charge in [0.15, 0.2) is 0 Å². The number of nitrogens with zero attached hydrogens (tertiary/aromatic N) is 1. The van der Waals surface area contributed by atoms with E-state index in [4.69, 9.17) is 5.26 Å². The van der Waals surface area contributed by atoms with Crippen molar-refractivity contribution in [3.8, 4) is 6.07 Å². The summed E-state index contributed by atoms with van der Waals surface area (Å²) in [4.78, 5) is 11.9. The zero-order chi connectivity index (χ0) is 13.0. The third-order valence-corrected chi connectivity index (χ3v) is 4.48. The molecule has 0 aliphatic heterocycles. The summed E-state index contributed by atoms with van der Waals surface area (Å²) in [5.41, 5.74) is 1.05. The summed E-state index contributed by atoms with van der Waals surface area (Å²) in [6.45, 7) is 0. The van der Waals surface area contributed by atoms with Crippen molar-refractivity contribution in [1.29, 1.82) is 5.26 Å². The van der Waals surface area contributed by atoms with Gasteiger partial charge in [-0.05, 0) is 51.9 Å². The Morgan fingerprint density at radius 1 is 1.56 bits per heavy atom. The molecule has 1 aromatic heterocycles. The number of rotatable bonds is 3. The highest BCUT2D eigenvalue weighted by Gasteiger charge is 2.19. The molecular weight excluding hydrogens is 312 g/mol. The fourth-order valence-electron chi connectivity index (χ4n) is 2.05. The minimum atomic E-state index is -0.258. The largest absolute Gasteiger partial charge is 0.349 e. The van der Waals surface area contributed by atoms with E-state index in [1.165, 1.54) is 11.3 Å². The van der Waals surface area contributed by atoms with E-state index < -0.39 is 0 Å². The SMILES string of the molecule is N#C/C(=C\c1csc(Br)c1)C(=O)NC1CCCC1. The number of hydrogen-bond donors (Lipinski definition) is 1. The van der Waals surface area contributed by atoms with Gasteiger partial charge < -0.3 is 5.32 Å². The van der Waals surface area contributed by atoms with Crippen LogP contribution >= 0.6 is 27.3 Å². The number of halogens is 1. The molecule has 0 unspecified atom stereocenters. The quantitative estimate of drug-likeness (QED) is 0.683. The van der Waals surface area contributed by atoms with E-state index in [0.717, 1.165) is 35.0 Å². The van der Waals surface area contributed by atoms with Gasteiger partial charge in [-0.3, -0.25) is 4.79 Å². The monoisotopic (exact) mass is 324 g/mol. The first-order valence-corrected chi connectivity index (χ1v) is 7.53. The molecule has 3 nitrogen and oxygen atoms in total. The van der Waals surface area contributed by atoms with Gasteiger partial charge in [0.25, 0.3) is 5.91 Å². The molecular formula is C13H13BrN2OS. The van der Waals surface area contributed by atoms with Crippen molar-refractivity contribution in [2.45, 2.75) is 31.7 Å². The third-order valence-electron chi connectivity index (χ3n) is 2.95. The maximum absolute atomic E-state index is 11.9. The summed E-state index contributed by atoms with van der Waals surface area (Å²) in [6, 6.07) is 4.10. The van der Waals surface area contributed by atoms with Crippen molar-refractivity contribution >= 4 is 39.2 Å². The number of hydrogen-bond acceptors (Lipinski definition) is 3. The predicted molar refractivity (Wildman–Crippen MR) is 76.0 cm³/mol. The fraction of sp³-hybridized carbons (Fsp3) is 0.385. The molecule has 0 aromatic carbocycles. The summed E-state index contributed by atoms with van der Waals surface area (Å²) in [5, 5.41) is 13.9. The average Bonchev–Trinajstić information content (AvgIpc) is 2.97. The molecule has 1 amide bonds. The van der Waals surface area contributed by atoms with Crippen LogP contribution in [0.1, 0.15) is 31.2 Å². The summed E-state index contributed by atoms with van der Waals surface area (Å²) < 4.78 is 0.988. The van der Waals surface area contributed by atoms with Crippen LogP contribution in [0.5, 0.6) is 0 Å². The van der Waals surface area contributed by atoms with Crippen LogP contribution in [0.4, 0.5) is 0 Å². The predicted octanol–water partition coefficient (Wildman–Crippen LogP) is 3.48. The van der Waals surface area contributed by atoms with Gasteiger partial charge in [0.05, 0.1) is 3.79 Å². The van der Waals surface area contributed by atoms with Crippen molar-refractivity contribution < 1.29 is 4.79 Å². The molecule has 0 spiro atoms. The fourth-order valence-corrected chi connectivity index (χ4v) is 3.18. The molecule has 1 aliphatic carbocycles. The minimum Gasteiger partial charge on any atom is -0.349 e. The molecule has 1 N–H and O–H groups in total. The molecule has 0 radical (unpaired) electrons. The van der Waals surface area contributed by atoms with Gasteiger partial charge >= 0.3 is 0 Å². The number of nitriles is 1. The van der Waals surface area contributed by atoms with Crippen LogP contribution in [-0.2, 0) is 4.79 Å². The Morgan fingerprint density at radius 2 is 2.28 bits per heavy atom. The van der Waals surface area contributed by atoms with Crippen LogP contribution in [0.2, 0.25) is 0 Å². The Labute approximate surface area is 119 Å². The number of nitrogens with one attached hydrogen (secondary N) is 1. The van der Waals surface area contributed by atoms with Crippen molar-refractivity contribution in [3.63, 3.8) is 0 Å². The second-order valence-electron chi connectivity index (χ2n) is 4.31. The lowest BCUT2D eigenvalue weighted by Crippen LogP contribution is -2.33. The van der Waals surface area contributed by atoms with Crippen LogP contribution in [0.3, 0.4) is 0 Å². The summed E-state index contributed by atoms with van der Waals surface area (Å²) >= 11 is 4.89. The minimum absolute atomic E-state index is 0.173. The lowest BCUT2D eigenvalue weighted by atomic mass is 10.1. The maximum atomic E-state index is 11.9. The second-order valence-corrected chi connectivity index (χ2v) is 6.60. The highest BCUT2D eigenvalue weighted by molar-refractivity contribution is 9.11. The number of amides is 1. The molecule has 1 aromatic rings. The Hall–Kier alpha value is -1.12. The van der Waals surface area contributed by atoms with Crippen LogP contribution in [0.15, 0.2) is 20.8 Å². The zero-order valence-electron chi connectivity index (χ0n) is 9.78. The first kappa shape index (κ1) is 13.3. The van der Waals surface area contributed by atoms with Gasteiger partial charge in [0, 0.05) is 6.04 Å². The summed E-state index contributed by atoms with van der Waals surface area (Å²) in [5.74, 6) is -0.258. The van der Waals surface area contributed by atoms with Gasteiger partial charge in [-0.15, -0.1) is 11.3 Å². The Morgan fingerprint density at radius 3 is 2.83 bits per heavy atom. The zero-order valence-corrected chi connectivity index (χ0v) is 12.2. The van der Waals surface area contributed by atoms with Crippen LogP contribution in [0, 0.1) is 11.3 Å². The van der Waals surface area contributed by atoms with Gasteiger partial charge in [-0.1, -0.05) is 12.8 Å². The molecule has 94 valence electrons. The molecule has 2 rings (SSSR count). The van der Waals surface area contributed by atoms with E-state index in [9.17, 15) is 4.79 Å². The van der Waals surface area contributed by atoms with Gasteiger partial charge in [0.2, 0.25) is 0 Å². The van der Waals surface area contributed by atoms with Crippen LogP contribution < -0.4 is 5.32 Å². The molecule has 0 bridgehead atoms. The highest BCUT2D eigenvalue weighted by atomic mass is 79.9.